The molecule has 0 radical (unpaired) electrons. The third-order valence-corrected chi connectivity index (χ3v) is 5.64. The largest absolute Gasteiger partial charge is 0.314 e. The Hall–Kier alpha value is 0.270. The van der Waals surface area contributed by atoms with Gasteiger partial charge >= 0.3 is 0 Å². The Balaban J connectivity index is 1.59. The van der Waals surface area contributed by atoms with Gasteiger partial charge in [0.2, 0.25) is 0 Å². The van der Waals surface area contributed by atoms with Gasteiger partial charge < -0.3 is 10.2 Å². The number of thioether (sulfide) groups is 1. The molecule has 0 aromatic carbocycles. The van der Waals surface area contributed by atoms with Crippen LogP contribution in [-0.4, -0.2) is 48.6 Å². The van der Waals surface area contributed by atoms with Crippen molar-refractivity contribution in [3.63, 3.8) is 0 Å². The van der Waals surface area contributed by atoms with Crippen molar-refractivity contribution in [1.29, 1.82) is 0 Å². The molecule has 17 heavy (non-hydrogen) atoms. The maximum atomic E-state index is 3.77. The van der Waals surface area contributed by atoms with Gasteiger partial charge in [-0.3, -0.25) is 0 Å². The molecule has 1 saturated carbocycles. The molecule has 0 amide bonds. The molecule has 1 saturated heterocycles. The predicted octanol–water partition coefficient (Wildman–Crippen LogP) is 2.73. The summed E-state index contributed by atoms with van der Waals surface area (Å²) in [6.07, 6.45) is 12.1. The number of likely N-dealkylation sites (tertiary alicyclic amines) is 1. The third-order valence-electron chi connectivity index (χ3n) is 4.55. The summed E-state index contributed by atoms with van der Waals surface area (Å²) in [4.78, 5) is 2.56. The number of hydrogen-bond acceptors (Lipinski definition) is 3. The molecular weight excluding hydrogens is 228 g/mol. The van der Waals surface area contributed by atoms with Gasteiger partial charge in [-0.1, -0.05) is 6.42 Å². The zero-order valence-electron chi connectivity index (χ0n) is 11.5. The first-order valence-electron chi connectivity index (χ1n) is 7.26. The van der Waals surface area contributed by atoms with E-state index in [0.717, 1.165) is 17.3 Å². The molecular formula is C14H28N2S. The van der Waals surface area contributed by atoms with Crippen molar-refractivity contribution in [2.45, 2.75) is 62.3 Å². The average Bonchev–Trinajstić information content (AvgIpc) is 2.80. The zero-order chi connectivity index (χ0) is 12.1. The van der Waals surface area contributed by atoms with E-state index in [2.05, 4.69) is 23.5 Å². The highest BCUT2D eigenvalue weighted by molar-refractivity contribution is 7.99. The van der Waals surface area contributed by atoms with Crippen LogP contribution in [0.25, 0.3) is 0 Å². The Morgan fingerprint density at radius 1 is 1.24 bits per heavy atom. The van der Waals surface area contributed by atoms with Crippen LogP contribution < -0.4 is 5.32 Å². The van der Waals surface area contributed by atoms with Crippen molar-refractivity contribution in [2.24, 2.45) is 0 Å². The first-order valence-corrected chi connectivity index (χ1v) is 8.55. The van der Waals surface area contributed by atoms with Crippen LogP contribution in [0.2, 0.25) is 0 Å². The second-order valence-electron chi connectivity index (χ2n) is 5.74. The van der Waals surface area contributed by atoms with E-state index in [0.29, 0.717) is 0 Å². The minimum Gasteiger partial charge on any atom is -0.314 e. The minimum atomic E-state index is 0.807. The van der Waals surface area contributed by atoms with Gasteiger partial charge in [0, 0.05) is 17.3 Å². The Bertz CT molecular complexity index is 222. The molecule has 0 aromatic heterocycles. The topological polar surface area (TPSA) is 15.3 Å². The van der Waals surface area contributed by atoms with Gasteiger partial charge in [-0.15, -0.1) is 0 Å². The maximum Gasteiger partial charge on any atom is 0.0104 e. The quantitative estimate of drug-likeness (QED) is 0.814. The second kappa shape index (κ2) is 7.01. The van der Waals surface area contributed by atoms with Crippen molar-refractivity contribution in [2.75, 3.05) is 26.4 Å². The number of piperidine rings is 1. The second-order valence-corrected chi connectivity index (χ2v) is 6.88. The summed E-state index contributed by atoms with van der Waals surface area (Å²) < 4.78 is 0. The highest BCUT2D eigenvalue weighted by atomic mass is 32.2. The third kappa shape index (κ3) is 4.15. The number of rotatable bonds is 5. The van der Waals surface area contributed by atoms with Crippen molar-refractivity contribution in [3.05, 3.63) is 0 Å². The fourth-order valence-electron chi connectivity index (χ4n) is 3.30. The van der Waals surface area contributed by atoms with Crippen LogP contribution in [0.5, 0.6) is 0 Å². The molecule has 0 aromatic rings. The Morgan fingerprint density at radius 3 is 2.82 bits per heavy atom. The maximum absolute atomic E-state index is 3.77. The lowest BCUT2D eigenvalue weighted by Gasteiger charge is -2.32. The molecule has 1 N–H and O–H groups in total. The highest BCUT2D eigenvalue weighted by Crippen LogP contribution is 2.28. The number of nitrogens with zero attached hydrogens (tertiary/aromatic N) is 1. The van der Waals surface area contributed by atoms with Gasteiger partial charge in [0.1, 0.15) is 0 Å². The summed E-state index contributed by atoms with van der Waals surface area (Å²) in [5.74, 6) is 0. The Kier molecular flexibility index (Phi) is 5.64. The summed E-state index contributed by atoms with van der Waals surface area (Å²) in [5, 5.41) is 4.69. The summed E-state index contributed by atoms with van der Waals surface area (Å²) in [5.41, 5.74) is 0. The van der Waals surface area contributed by atoms with Crippen molar-refractivity contribution in [1.82, 2.24) is 10.2 Å². The van der Waals surface area contributed by atoms with E-state index in [1.165, 1.54) is 58.0 Å². The van der Waals surface area contributed by atoms with Crippen LogP contribution in [-0.2, 0) is 0 Å². The van der Waals surface area contributed by atoms with Gasteiger partial charge in [-0.25, -0.2) is 0 Å². The summed E-state index contributed by atoms with van der Waals surface area (Å²) in [6.45, 7) is 2.53. The first-order chi connectivity index (χ1) is 8.29. The molecule has 100 valence electrons. The zero-order valence-corrected chi connectivity index (χ0v) is 12.3. The summed E-state index contributed by atoms with van der Waals surface area (Å²) >= 11 is 2.05. The van der Waals surface area contributed by atoms with Gasteiger partial charge in [-0.05, 0) is 64.9 Å². The highest BCUT2D eigenvalue weighted by Gasteiger charge is 2.24. The molecule has 0 spiro atoms. The molecule has 1 aliphatic carbocycles. The van der Waals surface area contributed by atoms with E-state index < -0.39 is 0 Å². The molecule has 2 fully saturated rings. The fourth-order valence-corrected chi connectivity index (χ4v) is 4.10. The van der Waals surface area contributed by atoms with Crippen LogP contribution in [0.4, 0.5) is 0 Å². The lowest BCUT2D eigenvalue weighted by molar-refractivity contribution is 0.174. The molecule has 3 atom stereocenters. The van der Waals surface area contributed by atoms with Crippen LogP contribution in [0.3, 0.4) is 0 Å². The van der Waals surface area contributed by atoms with Gasteiger partial charge in [0.15, 0.2) is 0 Å². The molecule has 2 nitrogen and oxygen atoms in total. The predicted molar refractivity (Wildman–Crippen MR) is 77.8 cm³/mol. The molecule has 1 heterocycles. The number of nitrogens with one attached hydrogen (secondary N) is 1. The van der Waals surface area contributed by atoms with E-state index in [4.69, 9.17) is 0 Å². The lowest BCUT2D eigenvalue weighted by Crippen LogP contribution is -2.39. The molecule has 3 unspecified atom stereocenters. The number of hydrogen-bond donors (Lipinski definition) is 1. The van der Waals surface area contributed by atoms with Crippen LogP contribution in [0, 0.1) is 0 Å². The standard InChI is InChI=1S/C14H28N2S/c1-16-10-4-3-5-13(16)8-9-15-12-6-7-14(11-12)17-2/h12-15H,3-11H2,1-2H3. The smallest absolute Gasteiger partial charge is 0.0104 e. The molecule has 0 bridgehead atoms. The normalized spacial score (nSPS) is 35.3. The Morgan fingerprint density at radius 2 is 2.12 bits per heavy atom. The van der Waals surface area contributed by atoms with E-state index in [1.807, 2.05) is 11.8 Å². The van der Waals surface area contributed by atoms with E-state index >= 15 is 0 Å². The Labute approximate surface area is 111 Å². The average molecular weight is 256 g/mol. The van der Waals surface area contributed by atoms with Crippen molar-refractivity contribution < 1.29 is 0 Å². The lowest BCUT2D eigenvalue weighted by atomic mass is 10.00. The molecule has 2 aliphatic rings. The van der Waals surface area contributed by atoms with Gasteiger partial charge in [-0.2, -0.15) is 11.8 Å². The molecule has 2 rings (SSSR count). The van der Waals surface area contributed by atoms with Crippen molar-refractivity contribution in [3.8, 4) is 0 Å². The monoisotopic (exact) mass is 256 g/mol. The fraction of sp³-hybridized carbons (Fsp3) is 1.00. The van der Waals surface area contributed by atoms with Crippen LogP contribution >= 0.6 is 11.8 Å². The summed E-state index contributed by atoms with van der Waals surface area (Å²) in [7, 11) is 2.29. The van der Waals surface area contributed by atoms with Gasteiger partial charge in [0.25, 0.3) is 0 Å². The first kappa shape index (κ1) is 13.7. The summed E-state index contributed by atoms with van der Waals surface area (Å²) in [6, 6.07) is 1.65. The van der Waals surface area contributed by atoms with Crippen LogP contribution in [0.15, 0.2) is 0 Å². The molecule has 3 heteroatoms. The van der Waals surface area contributed by atoms with Gasteiger partial charge in [0.05, 0.1) is 0 Å². The van der Waals surface area contributed by atoms with Crippen LogP contribution in [0.1, 0.15) is 44.9 Å². The SMILES string of the molecule is CSC1CCC(NCCC2CCCCN2C)C1. The van der Waals surface area contributed by atoms with E-state index in [1.54, 1.807) is 0 Å². The van der Waals surface area contributed by atoms with E-state index in [9.17, 15) is 0 Å². The van der Waals surface area contributed by atoms with E-state index in [-0.39, 0.29) is 0 Å². The van der Waals surface area contributed by atoms with Crippen molar-refractivity contribution >= 4 is 11.8 Å². The molecule has 1 aliphatic heterocycles. The minimum absolute atomic E-state index is 0.807.